The van der Waals surface area contributed by atoms with Gasteiger partial charge in [-0.3, -0.25) is 0 Å². The number of carboxylic acid groups (broad SMARTS) is 1. The summed E-state index contributed by atoms with van der Waals surface area (Å²) >= 11 is 2.26. The highest BCUT2D eigenvalue weighted by molar-refractivity contribution is 14.1. The van der Waals surface area contributed by atoms with Crippen molar-refractivity contribution in [1.29, 1.82) is 0 Å². The maximum Gasteiger partial charge on any atom is 0.327 e. The summed E-state index contributed by atoms with van der Waals surface area (Å²) in [5, 5.41) is 7.60. The summed E-state index contributed by atoms with van der Waals surface area (Å²) in [7, 11) is 1.67. The van der Waals surface area contributed by atoms with Crippen molar-refractivity contribution in [2.75, 3.05) is 7.11 Å². The lowest BCUT2D eigenvalue weighted by Crippen LogP contribution is -1.82. The Morgan fingerprint density at radius 3 is 2.21 bits per heavy atom. The molecule has 0 atom stereocenters. The van der Waals surface area contributed by atoms with E-state index in [9.17, 15) is 4.79 Å². The molecule has 0 amide bonds. The average molecular weight is 306 g/mol. The lowest BCUT2D eigenvalue weighted by molar-refractivity contribution is -0.131. The van der Waals surface area contributed by atoms with E-state index in [0.29, 0.717) is 0 Å². The zero-order valence-electron chi connectivity index (χ0n) is 7.74. The molecular formula is C10H11IO3. The molecule has 4 heteroatoms. The summed E-state index contributed by atoms with van der Waals surface area (Å²) in [5.41, 5.74) is 0. The van der Waals surface area contributed by atoms with E-state index in [1.54, 1.807) is 7.11 Å². The number of aliphatic carboxylic acids is 1. The predicted octanol–water partition coefficient (Wildman–Crippen LogP) is 2.56. The van der Waals surface area contributed by atoms with Gasteiger partial charge in [0.2, 0.25) is 0 Å². The topological polar surface area (TPSA) is 46.5 Å². The van der Waals surface area contributed by atoms with Gasteiger partial charge in [-0.05, 0) is 46.9 Å². The SMILES string of the molecule is C=CC(=O)O.COc1ccc(I)cc1. The molecule has 3 nitrogen and oxygen atoms in total. The van der Waals surface area contributed by atoms with Crippen molar-refractivity contribution in [2.24, 2.45) is 0 Å². The Bertz CT molecular complexity index is 293. The third kappa shape index (κ3) is 6.47. The first-order chi connectivity index (χ1) is 6.60. The second-order valence-electron chi connectivity index (χ2n) is 2.20. The second kappa shape index (κ2) is 7.37. The summed E-state index contributed by atoms with van der Waals surface area (Å²) in [4.78, 5) is 9.25. The number of carbonyl (C=O) groups is 1. The van der Waals surface area contributed by atoms with Crippen molar-refractivity contribution < 1.29 is 14.6 Å². The Kier molecular flexibility index (Phi) is 6.82. The zero-order valence-corrected chi connectivity index (χ0v) is 9.89. The zero-order chi connectivity index (χ0) is 11.0. The van der Waals surface area contributed by atoms with Crippen molar-refractivity contribution >= 4 is 28.6 Å². The molecule has 0 aliphatic rings. The number of halogens is 1. The largest absolute Gasteiger partial charge is 0.497 e. The Morgan fingerprint density at radius 1 is 1.50 bits per heavy atom. The fraction of sp³-hybridized carbons (Fsp3) is 0.100. The van der Waals surface area contributed by atoms with Gasteiger partial charge in [0.05, 0.1) is 7.11 Å². The van der Waals surface area contributed by atoms with Gasteiger partial charge in [-0.15, -0.1) is 0 Å². The summed E-state index contributed by atoms with van der Waals surface area (Å²) in [6.07, 6.45) is 0.833. The van der Waals surface area contributed by atoms with Gasteiger partial charge in [-0.25, -0.2) is 4.79 Å². The molecule has 0 radical (unpaired) electrons. The Balaban J connectivity index is 0.000000292. The van der Waals surface area contributed by atoms with Gasteiger partial charge in [0, 0.05) is 9.65 Å². The molecule has 0 saturated heterocycles. The summed E-state index contributed by atoms with van der Waals surface area (Å²) in [6.45, 7) is 2.96. The van der Waals surface area contributed by atoms with Crippen LogP contribution in [0.2, 0.25) is 0 Å². The molecular weight excluding hydrogens is 295 g/mol. The van der Waals surface area contributed by atoms with Crippen molar-refractivity contribution in [2.45, 2.75) is 0 Å². The van der Waals surface area contributed by atoms with Crippen LogP contribution < -0.4 is 4.74 Å². The highest BCUT2D eigenvalue weighted by Gasteiger charge is 1.86. The van der Waals surface area contributed by atoms with Crippen molar-refractivity contribution in [3.63, 3.8) is 0 Å². The van der Waals surface area contributed by atoms with Crippen LogP contribution in [0.1, 0.15) is 0 Å². The Hall–Kier alpha value is -1.04. The Labute approximate surface area is 96.5 Å². The number of ether oxygens (including phenoxy) is 1. The maximum atomic E-state index is 9.25. The van der Waals surface area contributed by atoms with E-state index < -0.39 is 5.97 Å². The molecule has 1 aromatic carbocycles. The van der Waals surface area contributed by atoms with Crippen LogP contribution in [0.3, 0.4) is 0 Å². The standard InChI is InChI=1S/C7H7IO.C3H4O2/c1-9-7-4-2-6(8)3-5-7;1-2-3(4)5/h2-5H,1H3;2H,1H2,(H,4,5). The number of benzene rings is 1. The van der Waals surface area contributed by atoms with Crippen molar-refractivity contribution in [3.8, 4) is 5.75 Å². The van der Waals surface area contributed by atoms with Crippen LogP contribution in [0.5, 0.6) is 5.75 Å². The van der Waals surface area contributed by atoms with Crippen LogP contribution >= 0.6 is 22.6 Å². The quantitative estimate of drug-likeness (QED) is 0.675. The highest BCUT2D eigenvalue weighted by Crippen LogP contribution is 2.11. The number of hydrogen-bond acceptors (Lipinski definition) is 2. The van der Waals surface area contributed by atoms with E-state index in [4.69, 9.17) is 9.84 Å². The first kappa shape index (κ1) is 13.0. The monoisotopic (exact) mass is 306 g/mol. The van der Waals surface area contributed by atoms with E-state index in [2.05, 4.69) is 29.2 Å². The van der Waals surface area contributed by atoms with E-state index in [-0.39, 0.29) is 0 Å². The van der Waals surface area contributed by atoms with Gasteiger partial charge in [0.15, 0.2) is 0 Å². The van der Waals surface area contributed by atoms with Crippen LogP contribution in [-0.4, -0.2) is 18.2 Å². The van der Waals surface area contributed by atoms with Crippen molar-refractivity contribution in [1.82, 2.24) is 0 Å². The average Bonchev–Trinajstić information content (AvgIpc) is 2.20. The lowest BCUT2D eigenvalue weighted by Gasteiger charge is -1.96. The minimum atomic E-state index is -0.981. The van der Waals surface area contributed by atoms with Gasteiger partial charge >= 0.3 is 5.97 Å². The van der Waals surface area contributed by atoms with Crippen LogP contribution in [0.25, 0.3) is 0 Å². The second-order valence-corrected chi connectivity index (χ2v) is 3.45. The van der Waals surface area contributed by atoms with E-state index >= 15 is 0 Å². The molecule has 0 saturated carbocycles. The van der Waals surface area contributed by atoms with Gasteiger partial charge in [-0.1, -0.05) is 6.58 Å². The first-order valence-electron chi connectivity index (χ1n) is 3.75. The smallest absolute Gasteiger partial charge is 0.327 e. The normalized spacial score (nSPS) is 8.14. The van der Waals surface area contributed by atoms with Crippen LogP contribution in [-0.2, 0) is 4.79 Å². The number of hydrogen-bond donors (Lipinski definition) is 1. The van der Waals surface area contributed by atoms with Crippen LogP contribution in [0.4, 0.5) is 0 Å². The molecule has 1 N–H and O–H groups in total. The predicted molar refractivity (Wildman–Crippen MR) is 63.5 cm³/mol. The molecule has 14 heavy (non-hydrogen) atoms. The molecule has 0 aromatic heterocycles. The molecule has 0 fully saturated rings. The third-order valence-corrected chi connectivity index (χ3v) is 1.94. The van der Waals surface area contributed by atoms with E-state index in [1.807, 2.05) is 24.3 Å². The summed E-state index contributed by atoms with van der Waals surface area (Å²) in [5.74, 6) is -0.0691. The summed E-state index contributed by atoms with van der Waals surface area (Å²) < 4.78 is 6.20. The molecule has 0 unspecified atom stereocenters. The van der Waals surface area contributed by atoms with Gasteiger partial charge < -0.3 is 9.84 Å². The van der Waals surface area contributed by atoms with E-state index in [1.165, 1.54) is 3.57 Å². The molecule has 0 aliphatic heterocycles. The molecule has 0 aliphatic carbocycles. The fourth-order valence-corrected chi connectivity index (χ4v) is 0.930. The van der Waals surface area contributed by atoms with Gasteiger partial charge in [0.25, 0.3) is 0 Å². The van der Waals surface area contributed by atoms with Crippen LogP contribution in [0.15, 0.2) is 36.9 Å². The molecule has 0 bridgehead atoms. The summed E-state index contributed by atoms with van der Waals surface area (Å²) in [6, 6.07) is 7.92. The maximum absolute atomic E-state index is 9.25. The number of rotatable bonds is 2. The van der Waals surface area contributed by atoms with Crippen molar-refractivity contribution in [3.05, 3.63) is 40.5 Å². The first-order valence-corrected chi connectivity index (χ1v) is 4.83. The third-order valence-electron chi connectivity index (χ3n) is 1.22. The lowest BCUT2D eigenvalue weighted by atomic mass is 10.3. The number of methoxy groups -OCH3 is 1. The fourth-order valence-electron chi connectivity index (χ4n) is 0.571. The molecule has 1 aromatic rings. The minimum absolute atomic E-state index is 0.833. The minimum Gasteiger partial charge on any atom is -0.497 e. The molecule has 1 rings (SSSR count). The van der Waals surface area contributed by atoms with Gasteiger partial charge in [-0.2, -0.15) is 0 Å². The van der Waals surface area contributed by atoms with Gasteiger partial charge in [0.1, 0.15) is 5.75 Å². The van der Waals surface area contributed by atoms with E-state index in [0.717, 1.165) is 11.8 Å². The number of carboxylic acids is 1. The Morgan fingerprint density at radius 2 is 1.93 bits per heavy atom. The van der Waals surface area contributed by atoms with Crippen LogP contribution in [0, 0.1) is 3.57 Å². The molecule has 76 valence electrons. The molecule has 0 spiro atoms. The molecule has 0 heterocycles. The highest BCUT2D eigenvalue weighted by atomic mass is 127.